The Hall–Kier alpha value is -18.5. The molecule has 33 rings (SSSR count). The van der Waals surface area contributed by atoms with Crippen molar-refractivity contribution in [1.82, 2.24) is 27.4 Å². The molecule has 0 unspecified atom stereocenters. The fourth-order valence-electron chi connectivity index (χ4n) is 24.3. The van der Waals surface area contributed by atoms with Crippen molar-refractivity contribution in [1.29, 1.82) is 0 Å². The van der Waals surface area contributed by atoms with Crippen LogP contribution in [0.15, 0.2) is 510 Å². The molecule has 684 valence electrons. The number of rotatable bonds is 9. The molecule has 9 heteroatoms. The zero-order valence-electron chi connectivity index (χ0n) is 79.4. The van der Waals surface area contributed by atoms with Crippen molar-refractivity contribution >= 4 is 258 Å². The molecule has 33 aromatic rings. The van der Waals surface area contributed by atoms with Crippen LogP contribution in [-0.4, -0.2) is 27.4 Å². The largest absolute Gasteiger partial charge is 0.309 e. The average molecular weight is 1920 g/mol. The van der Waals surface area contributed by atoms with Crippen LogP contribution < -0.4 is 0 Å². The van der Waals surface area contributed by atoms with Crippen LogP contribution >= 0.6 is 34.0 Å². The molecule has 0 bridgehead atoms. The van der Waals surface area contributed by atoms with Gasteiger partial charge in [0.05, 0.1) is 66.2 Å². The van der Waals surface area contributed by atoms with Gasteiger partial charge in [0, 0.05) is 165 Å². The van der Waals surface area contributed by atoms with E-state index in [0.29, 0.717) is 0 Å². The summed E-state index contributed by atoms with van der Waals surface area (Å²) in [6.45, 7) is 0. The van der Waals surface area contributed by atoms with Crippen LogP contribution in [0.1, 0.15) is 0 Å². The fourth-order valence-corrected chi connectivity index (χ4v) is 28.0. The summed E-state index contributed by atoms with van der Waals surface area (Å²) in [5, 5.41) is 30.8. The highest BCUT2D eigenvalue weighted by atomic mass is 32.1. The number of hydrogen-bond acceptors (Lipinski definition) is 3. The first-order chi connectivity index (χ1) is 72.9. The summed E-state index contributed by atoms with van der Waals surface area (Å²) >= 11 is 5.65. The van der Waals surface area contributed by atoms with Crippen LogP contribution in [-0.2, 0) is 0 Å². The van der Waals surface area contributed by atoms with Crippen LogP contribution in [0, 0.1) is 0 Å². The molecule has 0 aliphatic carbocycles. The molecule has 0 spiro atoms. The van der Waals surface area contributed by atoms with Crippen molar-refractivity contribution in [2.24, 2.45) is 0 Å². The highest BCUT2D eigenvalue weighted by molar-refractivity contribution is 7.27. The Kier molecular flexibility index (Phi) is 18.7. The number of fused-ring (bicyclic) bond motifs is 32. The third kappa shape index (κ3) is 12.9. The number of thiophene rings is 3. The van der Waals surface area contributed by atoms with Gasteiger partial charge < -0.3 is 27.4 Å². The van der Waals surface area contributed by atoms with Crippen LogP contribution in [0.3, 0.4) is 0 Å². The Morgan fingerprint density at radius 3 is 0.844 bits per heavy atom. The summed E-state index contributed by atoms with van der Waals surface area (Å²) in [5.74, 6) is 0. The normalized spacial score (nSPS) is 12.1. The molecule has 0 N–H and O–H groups in total. The Bertz CT molecular complexity index is 11000. The molecule has 0 aliphatic rings. The molecule has 0 radical (unpaired) electrons. The summed E-state index contributed by atoms with van der Waals surface area (Å²) in [6.07, 6.45) is 0. The van der Waals surface area contributed by atoms with Crippen LogP contribution in [0.2, 0.25) is 0 Å². The van der Waals surface area contributed by atoms with E-state index in [2.05, 4.69) is 537 Å². The number of para-hydroxylation sites is 6. The molecular formula is C138H84N6S3. The zero-order valence-corrected chi connectivity index (χ0v) is 81.9. The number of aromatic nitrogens is 6. The van der Waals surface area contributed by atoms with Crippen LogP contribution in [0.25, 0.3) is 291 Å². The first-order valence-corrected chi connectivity index (χ1v) is 52.8. The van der Waals surface area contributed by atoms with Gasteiger partial charge in [-0.15, -0.1) is 34.0 Å². The molecule has 0 fully saturated rings. The second-order valence-electron chi connectivity index (χ2n) is 38.8. The molecule has 0 saturated heterocycles. The SMILES string of the molecule is c1ccc(-n2c3cc4c(cc3c3c5ccccc5ccc32)c2ccccc2n4-c2ccc(-c3cccc4c3sc3ccccc34)cc2)cc1.c1ccc(-n2c3cc4c(cc3c3ccc5ccccc5c32)c2ccccc2n4-c2ccc(-c3cccc4c3sc3ccccc34)cc2)cc1.c1ccc(-n2c3cc4ccccc4cc3c3cc4c5ccccc5n(-c5ccc(-c6cccc7c6sc6ccccc67)cc5)c4cc32)cc1. The smallest absolute Gasteiger partial charge is 0.0619 e. The van der Waals surface area contributed by atoms with Crippen molar-refractivity contribution in [3.05, 3.63) is 510 Å². The molecule has 147 heavy (non-hydrogen) atoms. The van der Waals surface area contributed by atoms with Gasteiger partial charge in [0.15, 0.2) is 0 Å². The second-order valence-corrected chi connectivity index (χ2v) is 41.9. The Labute approximate surface area is 855 Å². The maximum Gasteiger partial charge on any atom is 0.0619 e. The van der Waals surface area contributed by atoms with Crippen LogP contribution in [0.5, 0.6) is 0 Å². The van der Waals surface area contributed by atoms with Gasteiger partial charge in [-0.25, -0.2) is 0 Å². The van der Waals surface area contributed by atoms with E-state index in [0.717, 1.165) is 17.1 Å². The lowest BCUT2D eigenvalue weighted by molar-refractivity contribution is 1.16. The van der Waals surface area contributed by atoms with Gasteiger partial charge in [-0.3, -0.25) is 0 Å². The van der Waals surface area contributed by atoms with Gasteiger partial charge in [-0.2, -0.15) is 0 Å². The van der Waals surface area contributed by atoms with Gasteiger partial charge in [0.25, 0.3) is 0 Å². The number of benzene rings is 24. The third-order valence-electron chi connectivity index (χ3n) is 30.9. The molecule has 0 amide bonds. The third-order valence-corrected chi connectivity index (χ3v) is 34.5. The molecule has 0 atom stereocenters. The summed E-state index contributed by atoms with van der Waals surface area (Å²) in [6, 6.07) is 187. The topological polar surface area (TPSA) is 29.6 Å². The van der Waals surface area contributed by atoms with Crippen LogP contribution in [0.4, 0.5) is 0 Å². The fraction of sp³-hybridized carbons (Fsp3) is 0. The first kappa shape index (κ1) is 83.2. The van der Waals surface area contributed by atoms with E-state index in [4.69, 9.17) is 0 Å². The summed E-state index contributed by atoms with van der Waals surface area (Å²) < 4.78 is 22.7. The first-order valence-electron chi connectivity index (χ1n) is 50.3. The van der Waals surface area contributed by atoms with E-state index in [1.54, 1.807) is 0 Å². The molecule has 9 aromatic heterocycles. The minimum absolute atomic E-state index is 1.16. The molecule has 0 aliphatic heterocycles. The highest BCUT2D eigenvalue weighted by Crippen LogP contribution is 2.51. The number of nitrogens with zero attached hydrogens (tertiary/aromatic N) is 6. The van der Waals surface area contributed by atoms with Gasteiger partial charge in [0.1, 0.15) is 0 Å². The molecule has 24 aromatic carbocycles. The molecule has 6 nitrogen and oxygen atoms in total. The van der Waals surface area contributed by atoms with Crippen molar-refractivity contribution in [3.63, 3.8) is 0 Å². The van der Waals surface area contributed by atoms with Gasteiger partial charge in [-0.1, -0.05) is 346 Å². The Balaban J connectivity index is 0.0000000999. The predicted octanol–water partition coefficient (Wildman–Crippen LogP) is 39.2. The van der Waals surface area contributed by atoms with Crippen molar-refractivity contribution in [2.45, 2.75) is 0 Å². The van der Waals surface area contributed by atoms with Crippen molar-refractivity contribution in [2.75, 3.05) is 0 Å². The summed E-state index contributed by atoms with van der Waals surface area (Å²) in [4.78, 5) is 0. The highest BCUT2D eigenvalue weighted by Gasteiger charge is 2.27. The second kappa shape index (κ2) is 33.1. The minimum atomic E-state index is 1.16. The number of hydrogen-bond donors (Lipinski definition) is 0. The zero-order chi connectivity index (χ0) is 96.2. The van der Waals surface area contributed by atoms with Gasteiger partial charge >= 0.3 is 0 Å². The van der Waals surface area contributed by atoms with Crippen molar-refractivity contribution in [3.8, 4) is 67.5 Å². The lowest BCUT2D eigenvalue weighted by Crippen LogP contribution is -1.96. The molecule has 0 saturated carbocycles. The van der Waals surface area contributed by atoms with Gasteiger partial charge in [-0.05, 0) is 224 Å². The van der Waals surface area contributed by atoms with Crippen molar-refractivity contribution < 1.29 is 0 Å². The Morgan fingerprint density at radius 2 is 0.408 bits per heavy atom. The van der Waals surface area contributed by atoms with E-state index in [-0.39, 0.29) is 0 Å². The lowest BCUT2D eigenvalue weighted by Gasteiger charge is -2.12. The maximum atomic E-state index is 2.46. The maximum absolute atomic E-state index is 2.46. The van der Waals surface area contributed by atoms with E-state index in [1.807, 2.05) is 34.0 Å². The standard InChI is InChI=1S/3C46H28N2S/c1-2-13-32(14-3-1)48-42-26-31-12-5-4-11-30(31)25-38(42)40-27-39-35-15-6-8-19-41(35)47(43(39)28-44(40)48)33-23-21-29(22-24-33)34-17-10-18-37-36-16-7-9-20-45(36)49-46(34)37;1-2-12-31(13-3-1)48-43-28-42-39(27-40(43)37-26-23-29-11-4-5-14-33(29)45(37)48)35-15-6-8-19-41(35)47(42)32-24-21-30(22-25-32)34-17-10-18-38-36-16-7-9-20-44(36)49-46(34)38;1-2-12-31(13-3-1)48-41-26-23-29-11-4-5-14-33(29)45(41)39-27-38-35-15-6-8-19-40(35)47(42(38)28-43(39)48)32-24-21-30(22-25-32)34-17-10-18-37-36-16-7-9-20-44(36)49-46(34)37/h3*1-28H. The Morgan fingerprint density at radius 1 is 0.129 bits per heavy atom. The predicted molar refractivity (Wildman–Crippen MR) is 633 cm³/mol. The minimum Gasteiger partial charge on any atom is -0.309 e. The molecular weight excluding hydrogens is 1840 g/mol. The van der Waals surface area contributed by atoms with E-state index in [9.17, 15) is 0 Å². The van der Waals surface area contributed by atoms with E-state index in [1.165, 1.54) is 274 Å². The van der Waals surface area contributed by atoms with E-state index < -0.39 is 0 Å². The van der Waals surface area contributed by atoms with E-state index >= 15 is 0 Å². The monoisotopic (exact) mass is 1920 g/mol. The molecule has 9 heterocycles. The summed E-state index contributed by atoms with van der Waals surface area (Å²) in [5.41, 5.74) is 29.1. The average Bonchev–Trinajstić information content (AvgIpc) is 1.55. The summed E-state index contributed by atoms with van der Waals surface area (Å²) in [7, 11) is 0. The van der Waals surface area contributed by atoms with Gasteiger partial charge in [0.2, 0.25) is 0 Å². The quantitative estimate of drug-likeness (QED) is 0.138. The lowest BCUT2D eigenvalue weighted by atomic mass is 10.0.